The molecule has 1 heterocycles. The van der Waals surface area contributed by atoms with E-state index in [0.717, 1.165) is 6.20 Å². The van der Waals surface area contributed by atoms with Crippen LogP contribution in [-0.4, -0.2) is 32.3 Å². The number of nitrogens with zero attached hydrogens (tertiary/aromatic N) is 2. The average Bonchev–Trinajstić information content (AvgIpc) is 2.54. The molecule has 0 spiro atoms. The van der Waals surface area contributed by atoms with Crippen molar-refractivity contribution in [1.82, 2.24) is 9.71 Å². The summed E-state index contributed by atoms with van der Waals surface area (Å²) >= 11 is -1.49. The fraction of sp³-hybridized carbons (Fsp3) is 0.600. The highest BCUT2D eigenvalue weighted by atomic mass is 32.2. The van der Waals surface area contributed by atoms with Crippen molar-refractivity contribution in [3.05, 3.63) is 34.1 Å². The molecule has 1 N–H and O–H groups in total. The Morgan fingerprint density at radius 2 is 2.04 bits per heavy atom. The highest BCUT2D eigenvalue weighted by Gasteiger charge is 2.41. The van der Waals surface area contributed by atoms with Crippen molar-refractivity contribution in [3.8, 4) is 0 Å². The summed E-state index contributed by atoms with van der Waals surface area (Å²) in [6.45, 7) is 7.22. The number of hydrogen-bond acceptors (Lipinski definition) is 7. The number of nitrogens with one attached hydrogen (secondary N) is 1. The fourth-order valence-corrected chi connectivity index (χ4v) is 3.00. The standard InChI is InChI=1S/C15H23N3O5S/c1-6-14(2,3)24(22)17-15(4,8-13(19)23-5)11-7-12(18(20)21)10-16-9-11/h7,9-10,17H,6,8H2,1-5H3/t15?,24-/m1/s1. The van der Waals surface area contributed by atoms with Gasteiger partial charge in [-0.15, -0.1) is 4.72 Å². The number of aromatic nitrogens is 1. The molecular formula is C15H23N3O5S. The number of rotatable bonds is 8. The van der Waals surface area contributed by atoms with Crippen LogP contribution in [0.5, 0.6) is 0 Å². The molecule has 1 unspecified atom stereocenters. The number of pyridine rings is 1. The number of carbonyl (C=O) groups excluding carboxylic acids is 1. The summed E-state index contributed by atoms with van der Waals surface area (Å²) in [7, 11) is 1.25. The van der Waals surface area contributed by atoms with Gasteiger partial charge in [-0.2, -0.15) is 0 Å². The van der Waals surface area contributed by atoms with Crippen molar-refractivity contribution in [1.29, 1.82) is 0 Å². The SMILES string of the molecule is CCC(C)(C)[S@@+]([O-])NC(C)(CC(=O)OC)c1cncc([N+](=O)[O-])c1. The van der Waals surface area contributed by atoms with Gasteiger partial charge in [-0.05, 0) is 27.2 Å². The lowest BCUT2D eigenvalue weighted by Gasteiger charge is -2.35. The lowest BCUT2D eigenvalue weighted by Crippen LogP contribution is -2.51. The number of carbonyl (C=O) groups is 1. The van der Waals surface area contributed by atoms with Crippen molar-refractivity contribution in [2.75, 3.05) is 7.11 Å². The van der Waals surface area contributed by atoms with E-state index in [0.29, 0.717) is 12.0 Å². The molecule has 0 fully saturated rings. The molecule has 2 atom stereocenters. The zero-order valence-corrected chi connectivity index (χ0v) is 15.3. The molecule has 24 heavy (non-hydrogen) atoms. The number of esters is 1. The summed E-state index contributed by atoms with van der Waals surface area (Å²) in [6.07, 6.45) is 3.04. The van der Waals surface area contributed by atoms with E-state index >= 15 is 0 Å². The molecule has 0 saturated heterocycles. The molecular weight excluding hydrogens is 334 g/mol. The first kappa shape index (κ1) is 20.3. The smallest absolute Gasteiger partial charge is 0.307 e. The molecule has 0 saturated carbocycles. The third-order valence-electron chi connectivity index (χ3n) is 3.97. The van der Waals surface area contributed by atoms with Crippen molar-refractivity contribution in [2.24, 2.45) is 0 Å². The van der Waals surface area contributed by atoms with Crippen molar-refractivity contribution in [3.63, 3.8) is 0 Å². The summed E-state index contributed by atoms with van der Waals surface area (Å²) in [5, 5.41) is 11.0. The van der Waals surface area contributed by atoms with Crippen LogP contribution >= 0.6 is 0 Å². The monoisotopic (exact) mass is 357 g/mol. The van der Waals surface area contributed by atoms with Crippen molar-refractivity contribution in [2.45, 2.75) is 50.8 Å². The van der Waals surface area contributed by atoms with Crippen LogP contribution in [-0.2, 0) is 26.4 Å². The minimum Gasteiger partial charge on any atom is -0.598 e. The highest BCUT2D eigenvalue weighted by Crippen LogP contribution is 2.31. The molecule has 1 aromatic heterocycles. The summed E-state index contributed by atoms with van der Waals surface area (Å²) in [4.78, 5) is 26.1. The maximum atomic E-state index is 12.7. The van der Waals surface area contributed by atoms with Gasteiger partial charge in [0, 0.05) is 29.2 Å². The summed E-state index contributed by atoms with van der Waals surface area (Å²) in [5.74, 6) is -0.525. The second kappa shape index (κ2) is 7.91. The van der Waals surface area contributed by atoms with Crippen LogP contribution in [0.1, 0.15) is 46.1 Å². The second-order valence-electron chi connectivity index (χ2n) is 6.26. The molecule has 1 rings (SSSR count). The summed E-state index contributed by atoms with van der Waals surface area (Å²) in [5.41, 5.74) is -0.933. The second-order valence-corrected chi connectivity index (χ2v) is 8.10. The van der Waals surface area contributed by atoms with Gasteiger partial charge in [-0.3, -0.25) is 19.9 Å². The lowest BCUT2D eigenvalue weighted by atomic mass is 9.91. The fourth-order valence-electron chi connectivity index (χ4n) is 1.86. The van der Waals surface area contributed by atoms with E-state index in [1.807, 2.05) is 20.8 Å². The van der Waals surface area contributed by atoms with Crippen LogP contribution < -0.4 is 4.72 Å². The van der Waals surface area contributed by atoms with Gasteiger partial charge in [0.05, 0.1) is 24.0 Å². The molecule has 0 amide bonds. The third-order valence-corrected chi connectivity index (χ3v) is 5.90. The Hall–Kier alpha value is -1.71. The van der Waals surface area contributed by atoms with Crippen LogP contribution in [0.2, 0.25) is 0 Å². The molecule has 0 aromatic carbocycles. The third kappa shape index (κ3) is 4.89. The molecule has 0 radical (unpaired) electrons. The predicted molar refractivity (Wildman–Crippen MR) is 90.5 cm³/mol. The molecule has 1 aromatic rings. The molecule has 0 aliphatic carbocycles. The number of ether oxygens (including phenoxy) is 1. The Morgan fingerprint density at radius 3 is 2.54 bits per heavy atom. The highest BCUT2D eigenvalue weighted by molar-refractivity contribution is 7.90. The van der Waals surface area contributed by atoms with E-state index in [2.05, 4.69) is 9.71 Å². The van der Waals surface area contributed by atoms with Gasteiger partial charge < -0.3 is 9.29 Å². The van der Waals surface area contributed by atoms with Crippen LogP contribution in [0.25, 0.3) is 0 Å². The molecule has 0 bridgehead atoms. The summed E-state index contributed by atoms with van der Waals surface area (Å²) in [6, 6.07) is 1.32. The molecule has 0 aliphatic rings. The quantitative estimate of drug-likeness (QED) is 0.328. The topological polar surface area (TPSA) is 117 Å². The normalized spacial score (nSPS) is 15.4. The van der Waals surface area contributed by atoms with Gasteiger partial charge >= 0.3 is 5.97 Å². The Labute approximate surface area is 144 Å². The van der Waals surface area contributed by atoms with E-state index in [9.17, 15) is 19.5 Å². The van der Waals surface area contributed by atoms with Gasteiger partial charge in [-0.1, -0.05) is 6.92 Å². The van der Waals surface area contributed by atoms with Crippen LogP contribution in [0, 0.1) is 10.1 Å². The number of methoxy groups -OCH3 is 1. The average molecular weight is 357 g/mol. The van der Waals surface area contributed by atoms with E-state index in [1.165, 1.54) is 19.4 Å². The Kier molecular flexibility index (Phi) is 6.70. The van der Waals surface area contributed by atoms with Gasteiger partial charge in [0.25, 0.3) is 5.69 Å². The van der Waals surface area contributed by atoms with Gasteiger partial charge in [-0.25, -0.2) is 0 Å². The Bertz CT molecular complexity index is 611. The van der Waals surface area contributed by atoms with E-state index < -0.39 is 32.5 Å². The van der Waals surface area contributed by atoms with Crippen molar-refractivity contribution < 1.29 is 19.0 Å². The summed E-state index contributed by atoms with van der Waals surface area (Å²) < 4.78 is 19.8. The molecule has 134 valence electrons. The van der Waals surface area contributed by atoms with Gasteiger partial charge in [0.1, 0.15) is 10.9 Å². The van der Waals surface area contributed by atoms with Gasteiger partial charge in [0.15, 0.2) is 0 Å². The molecule has 8 nitrogen and oxygen atoms in total. The van der Waals surface area contributed by atoms with Crippen molar-refractivity contribution >= 4 is 23.0 Å². The number of hydrogen-bond donors (Lipinski definition) is 1. The minimum atomic E-state index is -1.49. The predicted octanol–water partition coefficient (Wildman–Crippen LogP) is 2.21. The number of nitro groups is 1. The molecule has 9 heteroatoms. The van der Waals surface area contributed by atoms with Crippen LogP contribution in [0.15, 0.2) is 18.5 Å². The Balaban J connectivity index is 3.26. The first-order valence-electron chi connectivity index (χ1n) is 7.42. The first-order valence-corrected chi connectivity index (χ1v) is 8.57. The lowest BCUT2D eigenvalue weighted by molar-refractivity contribution is -0.385. The van der Waals surface area contributed by atoms with Gasteiger partial charge in [0.2, 0.25) is 0 Å². The molecule has 0 aliphatic heterocycles. The zero-order chi connectivity index (χ0) is 18.5. The van der Waals surface area contributed by atoms with E-state index in [1.54, 1.807) is 6.92 Å². The van der Waals surface area contributed by atoms with Crippen LogP contribution in [0.3, 0.4) is 0 Å². The zero-order valence-electron chi connectivity index (χ0n) is 14.5. The van der Waals surface area contributed by atoms with E-state index in [4.69, 9.17) is 4.74 Å². The largest absolute Gasteiger partial charge is 0.598 e. The Morgan fingerprint density at radius 1 is 1.42 bits per heavy atom. The minimum absolute atomic E-state index is 0.141. The van der Waals surface area contributed by atoms with E-state index in [-0.39, 0.29) is 12.1 Å². The maximum absolute atomic E-state index is 12.7. The van der Waals surface area contributed by atoms with Crippen LogP contribution in [0.4, 0.5) is 5.69 Å². The maximum Gasteiger partial charge on any atom is 0.307 e. The first-order chi connectivity index (χ1) is 11.1.